The van der Waals surface area contributed by atoms with Crippen molar-refractivity contribution in [2.75, 3.05) is 18.0 Å². The van der Waals surface area contributed by atoms with Gasteiger partial charge >= 0.3 is 0 Å². The van der Waals surface area contributed by atoms with Crippen molar-refractivity contribution in [1.82, 2.24) is 9.97 Å². The van der Waals surface area contributed by atoms with E-state index in [4.69, 9.17) is 11.6 Å². The molecule has 1 fully saturated rings. The molecule has 94 valence electrons. The number of aliphatic hydroxyl groups is 1. The molecule has 1 aromatic heterocycles. The van der Waals surface area contributed by atoms with Crippen LogP contribution in [0.15, 0.2) is 24.3 Å². The average molecular weight is 264 g/mol. The van der Waals surface area contributed by atoms with Crippen LogP contribution < -0.4 is 4.90 Å². The van der Waals surface area contributed by atoms with Crippen LogP contribution in [-0.2, 0) is 0 Å². The Morgan fingerprint density at radius 2 is 2.11 bits per heavy atom. The minimum absolute atomic E-state index is 0.253. The number of benzene rings is 1. The molecule has 0 aliphatic carbocycles. The average Bonchev–Trinajstić information content (AvgIpc) is 2.37. The molecular weight excluding hydrogens is 250 g/mol. The van der Waals surface area contributed by atoms with E-state index in [2.05, 4.69) is 14.9 Å². The number of nitrogens with zero attached hydrogens (tertiary/aromatic N) is 3. The number of rotatable bonds is 1. The van der Waals surface area contributed by atoms with Gasteiger partial charge in [0, 0.05) is 18.5 Å². The van der Waals surface area contributed by atoms with E-state index in [0.29, 0.717) is 6.54 Å². The van der Waals surface area contributed by atoms with E-state index >= 15 is 0 Å². The Morgan fingerprint density at radius 1 is 1.28 bits per heavy atom. The van der Waals surface area contributed by atoms with Crippen molar-refractivity contribution in [3.8, 4) is 0 Å². The first kappa shape index (κ1) is 11.7. The van der Waals surface area contributed by atoms with Crippen LogP contribution in [0.3, 0.4) is 0 Å². The van der Waals surface area contributed by atoms with Gasteiger partial charge in [0.2, 0.25) is 5.28 Å². The van der Waals surface area contributed by atoms with Crippen molar-refractivity contribution in [3.63, 3.8) is 0 Å². The second-order valence-electron chi connectivity index (χ2n) is 4.58. The van der Waals surface area contributed by atoms with E-state index in [0.717, 1.165) is 36.1 Å². The van der Waals surface area contributed by atoms with Gasteiger partial charge in [-0.2, -0.15) is 4.98 Å². The summed E-state index contributed by atoms with van der Waals surface area (Å²) in [5.74, 6) is 0.823. The summed E-state index contributed by atoms with van der Waals surface area (Å²) >= 11 is 5.97. The van der Waals surface area contributed by atoms with Crippen LogP contribution in [0.4, 0.5) is 5.82 Å². The molecule has 2 heterocycles. The standard InChI is InChI=1S/C13H14ClN3O/c14-13-15-11-6-2-1-5-10(11)12(16-13)17-7-3-4-9(18)8-17/h1-2,5-6,9,18H,3-4,7-8H2. The number of halogens is 1. The SMILES string of the molecule is OC1CCCN(c2nc(Cl)nc3ccccc23)C1. The molecule has 0 amide bonds. The monoisotopic (exact) mass is 263 g/mol. The summed E-state index contributed by atoms with van der Waals surface area (Å²) < 4.78 is 0. The lowest BCUT2D eigenvalue weighted by molar-refractivity contribution is 0.154. The number of aliphatic hydroxyl groups excluding tert-OH is 1. The molecule has 0 bridgehead atoms. The molecule has 1 N–H and O–H groups in total. The molecule has 1 unspecified atom stereocenters. The zero-order chi connectivity index (χ0) is 12.5. The highest BCUT2D eigenvalue weighted by Crippen LogP contribution is 2.27. The topological polar surface area (TPSA) is 49.2 Å². The van der Waals surface area contributed by atoms with Gasteiger partial charge in [-0.15, -0.1) is 0 Å². The Hall–Kier alpha value is -1.39. The Labute approximate surface area is 110 Å². The van der Waals surface area contributed by atoms with Gasteiger partial charge in [-0.3, -0.25) is 0 Å². The molecule has 1 aromatic carbocycles. The minimum atomic E-state index is -0.286. The first-order valence-electron chi connectivity index (χ1n) is 6.09. The highest BCUT2D eigenvalue weighted by molar-refractivity contribution is 6.28. The minimum Gasteiger partial charge on any atom is -0.391 e. The third-order valence-electron chi connectivity index (χ3n) is 3.25. The number of aromatic nitrogens is 2. The zero-order valence-electron chi connectivity index (χ0n) is 9.88. The maximum absolute atomic E-state index is 9.76. The van der Waals surface area contributed by atoms with Crippen molar-refractivity contribution < 1.29 is 5.11 Å². The highest BCUT2D eigenvalue weighted by atomic mass is 35.5. The summed E-state index contributed by atoms with van der Waals surface area (Å²) in [6.07, 6.45) is 1.54. The van der Waals surface area contributed by atoms with E-state index in [1.807, 2.05) is 24.3 Å². The molecule has 1 atom stereocenters. The van der Waals surface area contributed by atoms with Gasteiger partial charge in [0.15, 0.2) is 0 Å². The van der Waals surface area contributed by atoms with Crippen LogP contribution in [-0.4, -0.2) is 34.3 Å². The van der Waals surface area contributed by atoms with Crippen molar-refractivity contribution in [1.29, 1.82) is 0 Å². The maximum atomic E-state index is 9.76. The van der Waals surface area contributed by atoms with E-state index in [9.17, 15) is 5.11 Å². The summed E-state index contributed by atoms with van der Waals surface area (Å²) in [4.78, 5) is 10.6. The van der Waals surface area contributed by atoms with Crippen molar-refractivity contribution in [3.05, 3.63) is 29.5 Å². The van der Waals surface area contributed by atoms with Gasteiger partial charge in [-0.1, -0.05) is 12.1 Å². The number of hydrogen-bond acceptors (Lipinski definition) is 4. The second-order valence-corrected chi connectivity index (χ2v) is 4.91. The molecule has 5 heteroatoms. The summed E-state index contributed by atoms with van der Waals surface area (Å²) in [5.41, 5.74) is 0.840. The third kappa shape index (κ3) is 2.13. The molecular formula is C13H14ClN3O. The van der Waals surface area contributed by atoms with Crippen LogP contribution >= 0.6 is 11.6 Å². The molecule has 1 saturated heterocycles. The fourth-order valence-corrected chi connectivity index (χ4v) is 2.59. The fraction of sp³-hybridized carbons (Fsp3) is 0.385. The van der Waals surface area contributed by atoms with E-state index in [1.54, 1.807) is 0 Å². The van der Waals surface area contributed by atoms with Gasteiger partial charge in [-0.05, 0) is 36.6 Å². The summed E-state index contributed by atoms with van der Waals surface area (Å²) in [6, 6.07) is 7.80. The predicted octanol–water partition coefficient (Wildman–Crippen LogP) is 2.24. The Morgan fingerprint density at radius 3 is 2.94 bits per heavy atom. The zero-order valence-corrected chi connectivity index (χ0v) is 10.6. The van der Waals surface area contributed by atoms with E-state index in [-0.39, 0.29) is 11.4 Å². The first-order valence-corrected chi connectivity index (χ1v) is 6.47. The lowest BCUT2D eigenvalue weighted by atomic mass is 10.1. The predicted molar refractivity (Wildman–Crippen MR) is 72.0 cm³/mol. The number of fused-ring (bicyclic) bond motifs is 1. The molecule has 0 radical (unpaired) electrons. The lowest BCUT2D eigenvalue weighted by Crippen LogP contribution is -2.38. The Bertz CT molecular complexity index is 575. The van der Waals surface area contributed by atoms with Crippen molar-refractivity contribution in [2.45, 2.75) is 18.9 Å². The molecule has 4 nitrogen and oxygen atoms in total. The first-order chi connectivity index (χ1) is 8.74. The van der Waals surface area contributed by atoms with Gasteiger partial charge in [-0.25, -0.2) is 4.98 Å². The summed E-state index contributed by atoms with van der Waals surface area (Å²) in [6.45, 7) is 1.51. The summed E-state index contributed by atoms with van der Waals surface area (Å²) in [5, 5.41) is 11.0. The quantitative estimate of drug-likeness (QED) is 0.802. The van der Waals surface area contributed by atoms with Gasteiger partial charge in [0.05, 0.1) is 11.6 Å². The van der Waals surface area contributed by atoms with Crippen molar-refractivity contribution >= 4 is 28.3 Å². The Kier molecular flexibility index (Phi) is 3.06. The second kappa shape index (κ2) is 4.71. The maximum Gasteiger partial charge on any atom is 0.224 e. The highest BCUT2D eigenvalue weighted by Gasteiger charge is 2.21. The van der Waals surface area contributed by atoms with Crippen molar-refractivity contribution in [2.24, 2.45) is 0 Å². The van der Waals surface area contributed by atoms with Gasteiger partial charge in [0.25, 0.3) is 0 Å². The molecule has 1 aliphatic rings. The number of β-amino-alcohol motifs (C(OH)–C–C–N with tert-alkyl or cyclic N) is 1. The van der Waals surface area contributed by atoms with Crippen LogP contribution in [0, 0.1) is 0 Å². The van der Waals surface area contributed by atoms with Gasteiger partial charge in [0.1, 0.15) is 5.82 Å². The normalized spacial score (nSPS) is 20.3. The van der Waals surface area contributed by atoms with Crippen LogP contribution in [0.1, 0.15) is 12.8 Å². The molecule has 3 rings (SSSR count). The molecule has 1 aliphatic heterocycles. The lowest BCUT2D eigenvalue weighted by Gasteiger charge is -2.31. The van der Waals surface area contributed by atoms with Crippen LogP contribution in [0.5, 0.6) is 0 Å². The van der Waals surface area contributed by atoms with E-state index in [1.165, 1.54) is 0 Å². The largest absolute Gasteiger partial charge is 0.391 e. The van der Waals surface area contributed by atoms with Crippen LogP contribution in [0.25, 0.3) is 10.9 Å². The molecule has 2 aromatic rings. The van der Waals surface area contributed by atoms with Crippen LogP contribution in [0.2, 0.25) is 5.28 Å². The number of piperidine rings is 1. The van der Waals surface area contributed by atoms with E-state index < -0.39 is 0 Å². The van der Waals surface area contributed by atoms with Gasteiger partial charge < -0.3 is 10.0 Å². The smallest absolute Gasteiger partial charge is 0.224 e. The molecule has 18 heavy (non-hydrogen) atoms. The number of anilines is 1. The molecule has 0 spiro atoms. The number of para-hydroxylation sites is 1. The Balaban J connectivity index is 2.09. The summed E-state index contributed by atoms with van der Waals surface area (Å²) in [7, 11) is 0. The third-order valence-corrected chi connectivity index (χ3v) is 3.42. The number of hydrogen-bond donors (Lipinski definition) is 1. The molecule has 0 saturated carbocycles. The fourth-order valence-electron chi connectivity index (χ4n) is 2.42.